The van der Waals surface area contributed by atoms with Gasteiger partial charge in [0.2, 0.25) is 0 Å². The van der Waals surface area contributed by atoms with Gasteiger partial charge in [0.25, 0.3) is 0 Å². The summed E-state index contributed by atoms with van der Waals surface area (Å²) >= 11 is 0. The second-order valence-corrected chi connectivity index (χ2v) is 12.3. The first-order valence-electron chi connectivity index (χ1n) is 16.9. The smallest absolute Gasteiger partial charge is 0.409 e. The molecule has 0 radical (unpaired) electrons. The Morgan fingerprint density at radius 3 is 1.08 bits per heavy atom. The van der Waals surface area contributed by atoms with Crippen molar-refractivity contribution in [3.8, 4) is 22.3 Å². The maximum absolute atomic E-state index is 12.6. The Morgan fingerprint density at radius 2 is 0.755 bits per heavy atom. The number of nitrogens with zero attached hydrogens (tertiary/aromatic N) is 2. The van der Waals surface area contributed by atoms with Gasteiger partial charge in [0, 0.05) is 39.0 Å². The summed E-state index contributed by atoms with van der Waals surface area (Å²) in [4.78, 5) is 28.3. The molecule has 0 bridgehead atoms. The van der Waals surface area contributed by atoms with Gasteiger partial charge in [-0.3, -0.25) is 0 Å². The highest BCUT2D eigenvalue weighted by atomic mass is 16.6. The topological polar surface area (TPSA) is 86.8 Å². The lowest BCUT2D eigenvalue weighted by Gasteiger charge is -2.20. The Balaban J connectivity index is 0.781. The number of benzene rings is 4. The molecule has 0 spiro atoms. The van der Waals surface area contributed by atoms with Gasteiger partial charge >= 0.3 is 12.2 Å². The molecule has 0 saturated heterocycles. The summed E-state index contributed by atoms with van der Waals surface area (Å²) in [5.74, 6) is 0.0636. The highest BCUT2D eigenvalue weighted by Gasteiger charge is 2.30. The first kappa shape index (κ1) is 34.2. The number of hydrogen-bond donors (Lipinski definition) is 0. The first-order chi connectivity index (χ1) is 24.0. The van der Waals surface area contributed by atoms with Crippen LogP contribution in [0.1, 0.15) is 34.1 Å². The van der Waals surface area contributed by atoms with Crippen LogP contribution in [0.15, 0.2) is 97.1 Å². The number of hydrogen-bond acceptors (Lipinski definition) is 7. The average Bonchev–Trinajstić information content (AvgIpc) is 3.63. The maximum atomic E-state index is 12.6. The molecule has 2 aliphatic carbocycles. The third kappa shape index (κ3) is 8.13. The summed E-state index contributed by atoms with van der Waals surface area (Å²) in [5, 5.41) is 0. The van der Waals surface area contributed by atoms with Gasteiger partial charge in [0.15, 0.2) is 0 Å². The van der Waals surface area contributed by atoms with E-state index < -0.39 is 0 Å². The Kier molecular flexibility index (Phi) is 11.6. The zero-order chi connectivity index (χ0) is 34.0. The lowest BCUT2D eigenvalue weighted by atomic mass is 9.98. The van der Waals surface area contributed by atoms with Crippen LogP contribution in [0.5, 0.6) is 0 Å². The largest absolute Gasteiger partial charge is 0.448 e. The molecule has 2 amide bonds. The van der Waals surface area contributed by atoms with Gasteiger partial charge in [-0.15, -0.1) is 0 Å². The SMILES string of the molecule is CN(CCOCCOCCOCCN(C)C(=O)OCC1c2ccccc2-c2ccccc21)C(=O)OCC1c2ccccc2-c2ccccc21. The number of amides is 2. The summed E-state index contributed by atoms with van der Waals surface area (Å²) in [6, 6.07) is 33.1. The summed E-state index contributed by atoms with van der Waals surface area (Å²) in [6.07, 6.45) is -0.744. The number of carbonyl (C=O) groups excluding carboxylic acids is 2. The van der Waals surface area contributed by atoms with Crippen LogP contribution in [0, 0.1) is 0 Å². The molecule has 49 heavy (non-hydrogen) atoms. The molecule has 0 saturated carbocycles. The molecule has 4 aromatic carbocycles. The van der Waals surface area contributed by atoms with Crippen molar-refractivity contribution in [3.63, 3.8) is 0 Å². The van der Waals surface area contributed by atoms with Gasteiger partial charge in [-0.1, -0.05) is 97.1 Å². The molecule has 0 unspecified atom stereocenters. The number of likely N-dealkylation sites (N-methyl/N-ethyl adjacent to an activating group) is 2. The van der Waals surface area contributed by atoms with Gasteiger partial charge in [0.1, 0.15) is 13.2 Å². The minimum atomic E-state index is -0.372. The van der Waals surface area contributed by atoms with Crippen molar-refractivity contribution < 1.29 is 33.3 Å². The molecule has 0 N–H and O–H groups in total. The molecule has 0 fully saturated rings. The number of rotatable bonds is 16. The lowest BCUT2D eigenvalue weighted by Crippen LogP contribution is -2.32. The van der Waals surface area contributed by atoms with E-state index in [2.05, 4.69) is 48.5 Å². The standard InChI is InChI=1S/C40H44N2O7/c1-41(39(43)48-27-37-33-15-7-3-11-29(33)30-12-4-8-16-34(30)37)19-21-45-23-25-47-26-24-46-22-20-42(2)40(44)49-28-38-35-17-9-5-13-31(35)32-14-6-10-18-36(32)38/h3-18,37-38H,19-28H2,1-2H3. The van der Waals surface area contributed by atoms with E-state index in [0.717, 1.165) is 0 Å². The highest BCUT2D eigenvalue weighted by molar-refractivity contribution is 5.80. The summed E-state index contributed by atoms with van der Waals surface area (Å²) in [5.41, 5.74) is 9.56. The third-order valence-electron chi connectivity index (χ3n) is 9.18. The van der Waals surface area contributed by atoms with Crippen molar-refractivity contribution in [2.24, 2.45) is 0 Å². The number of fused-ring (bicyclic) bond motifs is 6. The van der Waals surface area contributed by atoms with Crippen LogP contribution in [0.2, 0.25) is 0 Å². The van der Waals surface area contributed by atoms with Crippen LogP contribution in [0.4, 0.5) is 9.59 Å². The monoisotopic (exact) mass is 664 g/mol. The van der Waals surface area contributed by atoms with Crippen LogP contribution in [-0.4, -0.2) is 102 Å². The second kappa shape index (κ2) is 16.6. The first-order valence-corrected chi connectivity index (χ1v) is 16.9. The van der Waals surface area contributed by atoms with E-state index in [0.29, 0.717) is 65.9 Å². The Bertz CT molecular complexity index is 1510. The average molecular weight is 665 g/mol. The molecular weight excluding hydrogens is 620 g/mol. The zero-order valence-electron chi connectivity index (χ0n) is 28.2. The molecular formula is C40H44N2O7. The molecule has 9 heteroatoms. The molecule has 0 aliphatic heterocycles. The fourth-order valence-corrected chi connectivity index (χ4v) is 6.54. The summed E-state index contributed by atoms with van der Waals surface area (Å²) < 4.78 is 28.2. The molecule has 0 aromatic heterocycles. The van der Waals surface area contributed by atoms with Crippen LogP contribution in [-0.2, 0) is 23.7 Å². The minimum absolute atomic E-state index is 0.0318. The molecule has 0 atom stereocenters. The van der Waals surface area contributed by atoms with E-state index in [-0.39, 0.29) is 24.0 Å². The normalized spacial score (nSPS) is 12.9. The van der Waals surface area contributed by atoms with Gasteiger partial charge in [-0.25, -0.2) is 9.59 Å². The predicted molar refractivity (Wildman–Crippen MR) is 188 cm³/mol. The molecule has 9 nitrogen and oxygen atoms in total. The molecule has 256 valence electrons. The van der Waals surface area contributed by atoms with Crippen LogP contribution in [0.25, 0.3) is 22.3 Å². The lowest BCUT2D eigenvalue weighted by molar-refractivity contribution is 0.00815. The Morgan fingerprint density at radius 1 is 0.469 bits per heavy atom. The van der Waals surface area contributed by atoms with E-state index in [1.165, 1.54) is 54.3 Å². The van der Waals surface area contributed by atoms with Crippen molar-refractivity contribution in [3.05, 3.63) is 119 Å². The van der Waals surface area contributed by atoms with E-state index in [1.807, 2.05) is 48.5 Å². The minimum Gasteiger partial charge on any atom is -0.448 e. The van der Waals surface area contributed by atoms with Crippen LogP contribution < -0.4 is 0 Å². The predicted octanol–water partition coefficient (Wildman–Crippen LogP) is 6.80. The van der Waals surface area contributed by atoms with Crippen molar-refractivity contribution in [2.75, 3.05) is 80.0 Å². The van der Waals surface area contributed by atoms with E-state index in [9.17, 15) is 9.59 Å². The summed E-state index contributed by atoms with van der Waals surface area (Å²) in [7, 11) is 3.42. The van der Waals surface area contributed by atoms with Gasteiger partial charge in [-0.05, 0) is 44.5 Å². The fraction of sp³-hybridized carbons (Fsp3) is 0.350. The second-order valence-electron chi connectivity index (χ2n) is 12.3. The molecule has 2 aliphatic rings. The zero-order valence-corrected chi connectivity index (χ0v) is 28.2. The highest BCUT2D eigenvalue weighted by Crippen LogP contribution is 2.45. The van der Waals surface area contributed by atoms with Gasteiger partial charge < -0.3 is 33.5 Å². The maximum Gasteiger partial charge on any atom is 0.409 e. The fourth-order valence-electron chi connectivity index (χ4n) is 6.54. The van der Waals surface area contributed by atoms with Crippen molar-refractivity contribution in [2.45, 2.75) is 11.8 Å². The van der Waals surface area contributed by atoms with Crippen LogP contribution >= 0.6 is 0 Å². The van der Waals surface area contributed by atoms with E-state index in [1.54, 1.807) is 14.1 Å². The molecule has 6 rings (SSSR count). The molecule has 4 aromatic rings. The Labute approximate surface area is 288 Å². The Hall–Kier alpha value is -4.70. The summed E-state index contributed by atoms with van der Waals surface area (Å²) in [6.45, 7) is 3.81. The van der Waals surface area contributed by atoms with Crippen LogP contribution in [0.3, 0.4) is 0 Å². The van der Waals surface area contributed by atoms with Crippen molar-refractivity contribution in [1.29, 1.82) is 0 Å². The van der Waals surface area contributed by atoms with Gasteiger partial charge in [0.05, 0.1) is 39.6 Å². The van der Waals surface area contributed by atoms with E-state index in [4.69, 9.17) is 23.7 Å². The van der Waals surface area contributed by atoms with Crippen molar-refractivity contribution in [1.82, 2.24) is 9.80 Å². The number of ether oxygens (including phenoxy) is 5. The number of carbonyl (C=O) groups is 2. The van der Waals surface area contributed by atoms with Crippen molar-refractivity contribution >= 4 is 12.2 Å². The molecule has 0 heterocycles. The quantitative estimate of drug-likeness (QED) is 0.122. The van der Waals surface area contributed by atoms with Gasteiger partial charge in [-0.2, -0.15) is 0 Å². The van der Waals surface area contributed by atoms with E-state index >= 15 is 0 Å². The third-order valence-corrected chi connectivity index (χ3v) is 9.18.